The van der Waals surface area contributed by atoms with Crippen LogP contribution in [0.4, 0.5) is 0 Å². The van der Waals surface area contributed by atoms with Gasteiger partial charge < -0.3 is 5.11 Å². The molecule has 2 aliphatic heterocycles. The lowest BCUT2D eigenvalue weighted by molar-refractivity contribution is -0.0888. The number of benzene rings is 1. The van der Waals surface area contributed by atoms with Crippen molar-refractivity contribution >= 4 is 0 Å². The lowest BCUT2D eigenvalue weighted by atomic mass is 9.67. The number of fused-ring (bicyclic) bond motifs is 3. The van der Waals surface area contributed by atoms with Crippen molar-refractivity contribution in [3.8, 4) is 0 Å². The van der Waals surface area contributed by atoms with E-state index in [-0.39, 0.29) is 0 Å². The number of rotatable bonds is 1. The summed E-state index contributed by atoms with van der Waals surface area (Å²) in [5, 5.41) is 15.3. The van der Waals surface area contributed by atoms with E-state index in [0.717, 1.165) is 24.9 Å². The van der Waals surface area contributed by atoms with Crippen LogP contribution in [0.1, 0.15) is 24.8 Å². The van der Waals surface area contributed by atoms with Gasteiger partial charge in [0.25, 0.3) is 0 Å². The molecule has 3 aliphatic rings. The zero-order valence-corrected chi connectivity index (χ0v) is 8.76. The van der Waals surface area contributed by atoms with E-state index in [4.69, 9.17) is 0 Å². The van der Waals surface area contributed by atoms with Crippen molar-refractivity contribution in [2.24, 2.45) is 5.92 Å². The van der Waals surface area contributed by atoms with Crippen molar-refractivity contribution in [3.63, 3.8) is 0 Å². The van der Waals surface area contributed by atoms with Crippen LogP contribution in [0.5, 0.6) is 0 Å². The maximum atomic E-state index is 10.8. The predicted octanol–water partition coefficient (Wildman–Crippen LogP) is 1.66. The van der Waals surface area contributed by atoms with Crippen LogP contribution in [-0.2, 0) is 5.60 Å². The van der Waals surface area contributed by atoms with Gasteiger partial charge in [0.1, 0.15) is 0 Å². The van der Waals surface area contributed by atoms with Gasteiger partial charge in [-0.15, -0.1) is 0 Å². The zero-order valence-electron chi connectivity index (χ0n) is 8.76. The van der Waals surface area contributed by atoms with E-state index in [9.17, 15) is 5.11 Å². The summed E-state index contributed by atoms with van der Waals surface area (Å²) in [5.41, 5.74) is 0.473. The van der Waals surface area contributed by atoms with Gasteiger partial charge in [0.15, 0.2) is 0 Å². The molecule has 3 unspecified atom stereocenters. The summed E-state index contributed by atoms with van der Waals surface area (Å²) in [6, 6.07) is 10.5. The summed E-state index contributed by atoms with van der Waals surface area (Å²) < 4.78 is 0. The fourth-order valence-corrected chi connectivity index (χ4v) is 3.02. The smallest absolute Gasteiger partial charge is 0.0952 e. The van der Waals surface area contributed by atoms with Crippen molar-refractivity contribution in [3.05, 3.63) is 35.9 Å². The van der Waals surface area contributed by atoms with Crippen LogP contribution in [0.15, 0.2) is 30.3 Å². The molecular weight excluding hydrogens is 186 g/mol. The maximum Gasteiger partial charge on any atom is 0.0952 e. The monoisotopic (exact) mass is 202 g/mol. The molecule has 1 radical (unpaired) electrons. The van der Waals surface area contributed by atoms with E-state index >= 15 is 0 Å². The Morgan fingerprint density at radius 1 is 1.20 bits per heavy atom. The average Bonchev–Trinajstić information content (AvgIpc) is 2.31. The van der Waals surface area contributed by atoms with Crippen molar-refractivity contribution in [1.29, 1.82) is 0 Å². The van der Waals surface area contributed by atoms with Gasteiger partial charge >= 0.3 is 0 Å². The third kappa shape index (κ3) is 1.40. The molecule has 3 atom stereocenters. The summed E-state index contributed by atoms with van der Waals surface area (Å²) in [6.45, 7) is 0.843. The molecule has 1 aromatic rings. The van der Waals surface area contributed by atoms with Crippen LogP contribution in [0.3, 0.4) is 0 Å². The van der Waals surface area contributed by atoms with Crippen molar-refractivity contribution in [2.75, 3.05) is 6.54 Å². The van der Waals surface area contributed by atoms with Gasteiger partial charge in [-0.3, -0.25) is 0 Å². The largest absolute Gasteiger partial charge is 0.385 e. The van der Waals surface area contributed by atoms with Crippen LogP contribution < -0.4 is 5.32 Å². The molecule has 4 rings (SSSR count). The second kappa shape index (κ2) is 3.32. The topological polar surface area (TPSA) is 34.3 Å². The summed E-state index contributed by atoms with van der Waals surface area (Å²) in [6.07, 6.45) is 3.11. The zero-order chi connectivity index (χ0) is 10.3. The summed E-state index contributed by atoms with van der Waals surface area (Å²) in [7, 11) is 0. The van der Waals surface area contributed by atoms with Gasteiger partial charge in [-0.1, -0.05) is 30.3 Å². The van der Waals surface area contributed by atoms with Crippen molar-refractivity contribution in [2.45, 2.75) is 30.9 Å². The van der Waals surface area contributed by atoms with Gasteiger partial charge in [-0.2, -0.15) is 0 Å². The van der Waals surface area contributed by atoms with E-state index in [1.54, 1.807) is 0 Å². The highest BCUT2D eigenvalue weighted by Crippen LogP contribution is 2.44. The Bertz CT molecular complexity index is 343. The van der Waals surface area contributed by atoms with Crippen molar-refractivity contribution in [1.82, 2.24) is 5.32 Å². The summed E-state index contributed by atoms with van der Waals surface area (Å²) >= 11 is 0. The van der Waals surface area contributed by atoms with E-state index in [0.29, 0.717) is 12.0 Å². The molecule has 0 aromatic heterocycles. The molecule has 2 nitrogen and oxygen atoms in total. The van der Waals surface area contributed by atoms with E-state index in [1.807, 2.05) is 30.3 Å². The second-order valence-corrected chi connectivity index (χ2v) is 4.79. The molecule has 1 aliphatic carbocycles. The Labute approximate surface area is 90.3 Å². The van der Waals surface area contributed by atoms with Gasteiger partial charge in [0.2, 0.25) is 0 Å². The lowest BCUT2D eigenvalue weighted by Crippen LogP contribution is -2.54. The average molecular weight is 202 g/mol. The highest BCUT2D eigenvalue weighted by molar-refractivity contribution is 5.25. The SMILES string of the molecule is OC1(c2ccccc2)CC2CCC1C[N]2. The summed E-state index contributed by atoms with van der Waals surface area (Å²) in [5.74, 6) is 0.338. The first kappa shape index (κ1) is 9.37. The Balaban J connectivity index is 1.97. The molecular formula is C13H16NO. The third-order valence-corrected chi connectivity index (χ3v) is 3.93. The van der Waals surface area contributed by atoms with E-state index < -0.39 is 5.60 Å². The predicted molar refractivity (Wildman–Crippen MR) is 58.5 cm³/mol. The number of hydrogen-bond donors (Lipinski definition) is 1. The number of hydrogen-bond acceptors (Lipinski definition) is 1. The first-order valence-electron chi connectivity index (χ1n) is 5.73. The minimum Gasteiger partial charge on any atom is -0.385 e. The molecule has 1 aromatic carbocycles. The van der Waals surface area contributed by atoms with Crippen LogP contribution in [-0.4, -0.2) is 17.7 Å². The molecule has 0 amide bonds. The second-order valence-electron chi connectivity index (χ2n) is 4.79. The maximum absolute atomic E-state index is 10.8. The number of aliphatic hydroxyl groups is 1. The number of nitrogens with zero attached hydrogens (tertiary/aromatic N) is 1. The van der Waals surface area contributed by atoms with E-state index in [1.165, 1.54) is 6.42 Å². The number of piperidine rings is 2. The molecule has 2 heterocycles. The van der Waals surface area contributed by atoms with Crippen LogP contribution >= 0.6 is 0 Å². The first-order valence-corrected chi connectivity index (χ1v) is 5.73. The fraction of sp³-hybridized carbons (Fsp3) is 0.538. The molecule has 2 heteroatoms. The molecule has 0 spiro atoms. The standard InChI is InChI=1S/C13H16NO/c15-13(10-4-2-1-3-5-10)8-12-7-6-11(13)9-14-12/h1-5,11-12,15H,6-9H2. The molecule has 2 saturated heterocycles. The molecule has 2 bridgehead atoms. The van der Waals surface area contributed by atoms with Gasteiger partial charge in [-0.25, -0.2) is 5.32 Å². The van der Waals surface area contributed by atoms with Gasteiger partial charge in [0, 0.05) is 18.5 Å². The Morgan fingerprint density at radius 2 is 2.00 bits per heavy atom. The molecule has 1 saturated carbocycles. The molecule has 79 valence electrons. The van der Waals surface area contributed by atoms with Crippen LogP contribution in [0.2, 0.25) is 0 Å². The first-order chi connectivity index (χ1) is 7.29. The fourth-order valence-electron chi connectivity index (χ4n) is 3.02. The lowest BCUT2D eigenvalue weighted by Gasteiger charge is -2.48. The van der Waals surface area contributed by atoms with Gasteiger partial charge in [-0.05, 0) is 24.8 Å². The highest BCUT2D eigenvalue weighted by atomic mass is 16.3. The van der Waals surface area contributed by atoms with Gasteiger partial charge in [0.05, 0.1) is 5.60 Å². The molecule has 3 fully saturated rings. The quantitative estimate of drug-likeness (QED) is 0.738. The highest BCUT2D eigenvalue weighted by Gasteiger charge is 2.47. The van der Waals surface area contributed by atoms with E-state index in [2.05, 4.69) is 5.32 Å². The Hall–Kier alpha value is -0.860. The molecule has 1 N–H and O–H groups in total. The summed E-state index contributed by atoms with van der Waals surface area (Å²) in [4.78, 5) is 0. The van der Waals surface area contributed by atoms with Crippen LogP contribution in [0.25, 0.3) is 0 Å². The normalized spacial score (nSPS) is 39.3. The minimum atomic E-state index is -0.605. The van der Waals surface area contributed by atoms with Crippen molar-refractivity contribution < 1.29 is 5.11 Å². The molecule has 15 heavy (non-hydrogen) atoms. The third-order valence-electron chi connectivity index (χ3n) is 3.93. The Kier molecular flexibility index (Phi) is 2.08. The minimum absolute atomic E-state index is 0.338. The van der Waals surface area contributed by atoms with Crippen LogP contribution in [0, 0.1) is 5.92 Å². The Morgan fingerprint density at radius 3 is 2.53 bits per heavy atom.